The van der Waals surface area contributed by atoms with E-state index in [1.807, 2.05) is 31.2 Å². The van der Waals surface area contributed by atoms with Crippen LogP contribution in [0.1, 0.15) is 18.8 Å². The van der Waals surface area contributed by atoms with Gasteiger partial charge in [0.15, 0.2) is 6.29 Å². The number of ether oxygens (including phenoxy) is 1. The van der Waals surface area contributed by atoms with Gasteiger partial charge in [0, 0.05) is 16.6 Å². The SMILES string of the molecule is CCOC(O)c1ccc(Br)cc1. The first-order valence-corrected chi connectivity index (χ1v) is 4.58. The summed E-state index contributed by atoms with van der Waals surface area (Å²) in [6, 6.07) is 7.39. The van der Waals surface area contributed by atoms with E-state index in [4.69, 9.17) is 4.74 Å². The first kappa shape index (κ1) is 9.71. The molecule has 1 aromatic carbocycles. The highest BCUT2D eigenvalue weighted by Gasteiger charge is 2.04. The zero-order valence-electron chi connectivity index (χ0n) is 6.83. The Morgan fingerprint density at radius 2 is 2.00 bits per heavy atom. The van der Waals surface area contributed by atoms with Crippen molar-refractivity contribution in [3.8, 4) is 0 Å². The molecule has 0 bridgehead atoms. The van der Waals surface area contributed by atoms with Crippen LogP contribution in [0, 0.1) is 0 Å². The molecule has 0 aliphatic heterocycles. The highest BCUT2D eigenvalue weighted by Crippen LogP contribution is 2.17. The third kappa shape index (κ3) is 2.59. The molecule has 0 radical (unpaired) electrons. The van der Waals surface area contributed by atoms with Crippen LogP contribution in [0.4, 0.5) is 0 Å². The molecule has 66 valence electrons. The molecule has 0 fully saturated rings. The van der Waals surface area contributed by atoms with E-state index in [0.29, 0.717) is 6.61 Å². The van der Waals surface area contributed by atoms with Crippen LogP contribution in [-0.2, 0) is 4.74 Å². The van der Waals surface area contributed by atoms with Crippen molar-refractivity contribution in [1.82, 2.24) is 0 Å². The Balaban J connectivity index is 2.68. The van der Waals surface area contributed by atoms with Gasteiger partial charge in [0.1, 0.15) is 0 Å². The Morgan fingerprint density at radius 3 is 2.50 bits per heavy atom. The second-order valence-electron chi connectivity index (χ2n) is 2.36. The van der Waals surface area contributed by atoms with Crippen LogP contribution in [0.25, 0.3) is 0 Å². The van der Waals surface area contributed by atoms with Crippen molar-refractivity contribution in [3.05, 3.63) is 34.3 Å². The lowest BCUT2D eigenvalue weighted by Crippen LogP contribution is -2.01. The zero-order valence-corrected chi connectivity index (χ0v) is 8.41. The molecule has 1 atom stereocenters. The van der Waals surface area contributed by atoms with Gasteiger partial charge in [-0.25, -0.2) is 0 Å². The average Bonchev–Trinajstić information content (AvgIpc) is 2.06. The molecule has 2 nitrogen and oxygen atoms in total. The summed E-state index contributed by atoms with van der Waals surface area (Å²) in [5.41, 5.74) is 0.778. The number of benzene rings is 1. The van der Waals surface area contributed by atoms with Crippen LogP contribution in [0.3, 0.4) is 0 Å². The Morgan fingerprint density at radius 1 is 1.42 bits per heavy atom. The van der Waals surface area contributed by atoms with Crippen LogP contribution >= 0.6 is 15.9 Å². The van der Waals surface area contributed by atoms with Gasteiger partial charge >= 0.3 is 0 Å². The number of hydrogen-bond donors (Lipinski definition) is 1. The largest absolute Gasteiger partial charge is 0.364 e. The second-order valence-corrected chi connectivity index (χ2v) is 3.27. The predicted octanol–water partition coefficient (Wildman–Crippen LogP) is 2.48. The number of halogens is 1. The molecule has 3 heteroatoms. The van der Waals surface area contributed by atoms with Crippen LogP contribution in [0.2, 0.25) is 0 Å². The van der Waals surface area contributed by atoms with Crippen LogP contribution in [0.5, 0.6) is 0 Å². The van der Waals surface area contributed by atoms with Crippen molar-refractivity contribution in [3.63, 3.8) is 0 Å². The molecule has 1 unspecified atom stereocenters. The monoisotopic (exact) mass is 230 g/mol. The van der Waals surface area contributed by atoms with E-state index < -0.39 is 6.29 Å². The van der Waals surface area contributed by atoms with Crippen molar-refractivity contribution in [1.29, 1.82) is 0 Å². The summed E-state index contributed by atoms with van der Waals surface area (Å²) in [4.78, 5) is 0. The molecule has 0 saturated heterocycles. The minimum atomic E-state index is -0.803. The summed E-state index contributed by atoms with van der Waals surface area (Å²) in [5.74, 6) is 0. The minimum Gasteiger partial charge on any atom is -0.364 e. The fraction of sp³-hybridized carbons (Fsp3) is 0.333. The lowest BCUT2D eigenvalue weighted by atomic mass is 10.2. The third-order valence-electron chi connectivity index (χ3n) is 1.48. The van der Waals surface area contributed by atoms with Gasteiger partial charge in [-0.15, -0.1) is 0 Å². The molecule has 0 aliphatic rings. The van der Waals surface area contributed by atoms with Gasteiger partial charge in [0.05, 0.1) is 0 Å². The Bertz CT molecular complexity index is 233. The molecular formula is C9H11BrO2. The molecule has 0 aromatic heterocycles. The van der Waals surface area contributed by atoms with Crippen molar-refractivity contribution in [2.75, 3.05) is 6.61 Å². The number of hydrogen-bond acceptors (Lipinski definition) is 2. The van der Waals surface area contributed by atoms with E-state index in [1.165, 1.54) is 0 Å². The van der Waals surface area contributed by atoms with Crippen molar-refractivity contribution >= 4 is 15.9 Å². The summed E-state index contributed by atoms with van der Waals surface area (Å²) >= 11 is 3.31. The van der Waals surface area contributed by atoms with Crippen molar-refractivity contribution < 1.29 is 9.84 Å². The molecule has 12 heavy (non-hydrogen) atoms. The summed E-state index contributed by atoms with van der Waals surface area (Å²) in [6.45, 7) is 2.36. The maximum atomic E-state index is 9.37. The molecule has 1 aromatic rings. The topological polar surface area (TPSA) is 29.5 Å². The van der Waals surface area contributed by atoms with Crippen LogP contribution < -0.4 is 0 Å². The number of aliphatic hydroxyl groups is 1. The molecular weight excluding hydrogens is 220 g/mol. The van der Waals surface area contributed by atoms with Crippen molar-refractivity contribution in [2.45, 2.75) is 13.2 Å². The summed E-state index contributed by atoms with van der Waals surface area (Å²) < 4.78 is 6.00. The zero-order chi connectivity index (χ0) is 8.97. The van der Waals surface area contributed by atoms with E-state index >= 15 is 0 Å². The number of aliphatic hydroxyl groups excluding tert-OH is 1. The van der Waals surface area contributed by atoms with Gasteiger partial charge < -0.3 is 9.84 Å². The molecule has 1 N–H and O–H groups in total. The van der Waals surface area contributed by atoms with E-state index in [0.717, 1.165) is 10.0 Å². The Kier molecular flexibility index (Phi) is 3.72. The van der Waals surface area contributed by atoms with E-state index in [9.17, 15) is 5.11 Å². The third-order valence-corrected chi connectivity index (χ3v) is 2.01. The summed E-state index contributed by atoms with van der Waals surface area (Å²) in [7, 11) is 0. The fourth-order valence-corrected chi connectivity index (χ4v) is 1.15. The van der Waals surface area contributed by atoms with Gasteiger partial charge in [0.2, 0.25) is 0 Å². The van der Waals surface area contributed by atoms with Gasteiger partial charge in [-0.3, -0.25) is 0 Å². The maximum absolute atomic E-state index is 9.37. The standard InChI is InChI=1S/C9H11BrO2/c1-2-12-9(11)7-3-5-8(10)6-4-7/h3-6,9,11H,2H2,1H3. The van der Waals surface area contributed by atoms with Gasteiger partial charge in [-0.05, 0) is 19.1 Å². The van der Waals surface area contributed by atoms with Gasteiger partial charge in [-0.1, -0.05) is 28.1 Å². The molecule has 0 heterocycles. The van der Waals surface area contributed by atoms with E-state index in [1.54, 1.807) is 0 Å². The summed E-state index contributed by atoms with van der Waals surface area (Å²) in [6.07, 6.45) is -0.803. The van der Waals surface area contributed by atoms with E-state index in [2.05, 4.69) is 15.9 Å². The molecule has 0 saturated carbocycles. The molecule has 0 aliphatic carbocycles. The Hall–Kier alpha value is -0.380. The lowest BCUT2D eigenvalue weighted by molar-refractivity contribution is -0.0979. The minimum absolute atomic E-state index is 0.511. The second kappa shape index (κ2) is 4.60. The fourth-order valence-electron chi connectivity index (χ4n) is 0.882. The predicted molar refractivity (Wildman–Crippen MR) is 50.7 cm³/mol. The average molecular weight is 231 g/mol. The highest BCUT2D eigenvalue weighted by molar-refractivity contribution is 9.10. The van der Waals surface area contributed by atoms with Gasteiger partial charge in [-0.2, -0.15) is 0 Å². The highest BCUT2D eigenvalue weighted by atomic mass is 79.9. The Labute approximate surface area is 80.3 Å². The van der Waals surface area contributed by atoms with Crippen molar-refractivity contribution in [2.24, 2.45) is 0 Å². The smallest absolute Gasteiger partial charge is 0.181 e. The quantitative estimate of drug-likeness (QED) is 0.809. The normalized spacial score (nSPS) is 12.9. The molecule has 0 spiro atoms. The van der Waals surface area contributed by atoms with Crippen LogP contribution in [0.15, 0.2) is 28.7 Å². The number of rotatable bonds is 3. The molecule has 1 rings (SSSR count). The van der Waals surface area contributed by atoms with Gasteiger partial charge in [0.25, 0.3) is 0 Å². The first-order chi connectivity index (χ1) is 5.74. The van der Waals surface area contributed by atoms with E-state index in [-0.39, 0.29) is 0 Å². The first-order valence-electron chi connectivity index (χ1n) is 3.79. The summed E-state index contributed by atoms with van der Waals surface area (Å²) in [5, 5.41) is 9.37. The van der Waals surface area contributed by atoms with Crippen LogP contribution in [-0.4, -0.2) is 11.7 Å². The molecule has 0 amide bonds. The lowest BCUT2D eigenvalue weighted by Gasteiger charge is -2.09. The maximum Gasteiger partial charge on any atom is 0.181 e.